The maximum atomic E-state index is 12.2. The zero-order valence-electron chi connectivity index (χ0n) is 14.3. The lowest BCUT2D eigenvalue weighted by Crippen LogP contribution is -2.19. The number of aliphatic imine (C=N–C) groups is 1. The highest BCUT2D eigenvalue weighted by Crippen LogP contribution is 2.35. The number of rotatable bonds is 5. The van der Waals surface area contributed by atoms with Crippen molar-refractivity contribution in [2.45, 2.75) is 6.42 Å². The fourth-order valence-corrected chi connectivity index (χ4v) is 3.96. The number of nitro benzene ring substituents is 1. The second kappa shape index (κ2) is 7.24. The van der Waals surface area contributed by atoms with Crippen LogP contribution in [0.5, 0.6) is 0 Å². The number of fused-ring (bicyclic) bond motifs is 1. The number of non-ortho nitro benzene ring substituents is 1. The average molecular weight is 380 g/mol. The highest BCUT2D eigenvalue weighted by molar-refractivity contribution is 8.16. The Morgan fingerprint density at radius 2 is 1.93 bits per heavy atom. The molecule has 1 N–H and O–H groups in total. The molecule has 2 aliphatic heterocycles. The number of hydrogen-bond donors (Lipinski definition) is 1. The molecule has 0 bridgehead atoms. The third-order valence-corrected chi connectivity index (χ3v) is 5.25. The van der Waals surface area contributed by atoms with Crippen molar-refractivity contribution >= 4 is 39.9 Å². The predicted octanol–water partition coefficient (Wildman–Crippen LogP) is 3.49. The molecule has 0 fully saturated rings. The molecule has 1 amide bonds. The number of amidine groups is 1. The molecule has 4 rings (SSSR count). The van der Waals surface area contributed by atoms with Crippen molar-refractivity contribution in [3.63, 3.8) is 0 Å². The second-order valence-electron chi connectivity index (χ2n) is 6.16. The third-order valence-electron chi connectivity index (χ3n) is 4.34. The minimum absolute atomic E-state index is 0.0142. The van der Waals surface area contributed by atoms with Crippen molar-refractivity contribution < 1.29 is 9.72 Å². The summed E-state index contributed by atoms with van der Waals surface area (Å²) in [4.78, 5) is 29.1. The van der Waals surface area contributed by atoms with Crippen molar-refractivity contribution in [2.75, 3.05) is 18.4 Å². The number of nitrogens with zero attached hydrogens (tertiary/aromatic N) is 3. The first-order valence-corrected chi connectivity index (χ1v) is 9.30. The predicted molar refractivity (Wildman–Crippen MR) is 106 cm³/mol. The SMILES string of the molecule is O=C(Cc1ccc([N+](=O)[O-])cc1)Nc1ccc(C2=CSC3=NCCN23)cc1. The molecule has 2 aromatic rings. The summed E-state index contributed by atoms with van der Waals surface area (Å²) in [5, 5.41) is 16.7. The first-order valence-electron chi connectivity index (χ1n) is 8.42. The molecule has 2 aliphatic rings. The first kappa shape index (κ1) is 17.3. The molecule has 0 aliphatic carbocycles. The molecule has 0 radical (unpaired) electrons. The summed E-state index contributed by atoms with van der Waals surface area (Å²) in [7, 11) is 0. The summed E-state index contributed by atoms with van der Waals surface area (Å²) in [6, 6.07) is 13.7. The quantitative estimate of drug-likeness (QED) is 0.634. The Labute approximate surface area is 159 Å². The molecule has 136 valence electrons. The number of nitro groups is 1. The molecule has 0 atom stereocenters. The van der Waals surface area contributed by atoms with E-state index in [9.17, 15) is 14.9 Å². The molecule has 0 unspecified atom stereocenters. The van der Waals surface area contributed by atoms with E-state index >= 15 is 0 Å². The number of thioether (sulfide) groups is 1. The van der Waals surface area contributed by atoms with E-state index in [4.69, 9.17) is 0 Å². The summed E-state index contributed by atoms with van der Waals surface area (Å²) >= 11 is 1.64. The van der Waals surface area contributed by atoms with E-state index in [0.29, 0.717) is 5.69 Å². The van der Waals surface area contributed by atoms with E-state index in [1.165, 1.54) is 12.1 Å². The summed E-state index contributed by atoms with van der Waals surface area (Å²) in [5.41, 5.74) is 3.68. The molecule has 0 spiro atoms. The zero-order valence-corrected chi connectivity index (χ0v) is 15.1. The van der Waals surface area contributed by atoms with Gasteiger partial charge in [0.05, 0.1) is 23.6 Å². The van der Waals surface area contributed by atoms with Gasteiger partial charge in [-0.05, 0) is 23.3 Å². The molecular weight excluding hydrogens is 364 g/mol. The molecule has 2 heterocycles. The minimum Gasteiger partial charge on any atom is -0.326 e. The maximum absolute atomic E-state index is 12.2. The molecule has 0 aromatic heterocycles. The van der Waals surface area contributed by atoms with Gasteiger partial charge in [0.2, 0.25) is 5.91 Å². The van der Waals surface area contributed by atoms with Gasteiger partial charge in [-0.2, -0.15) is 0 Å². The van der Waals surface area contributed by atoms with Gasteiger partial charge in [0.1, 0.15) is 0 Å². The van der Waals surface area contributed by atoms with Crippen LogP contribution in [-0.4, -0.2) is 34.0 Å². The summed E-state index contributed by atoms with van der Waals surface area (Å²) in [6.45, 7) is 1.73. The van der Waals surface area contributed by atoms with E-state index < -0.39 is 4.92 Å². The van der Waals surface area contributed by atoms with E-state index in [2.05, 4.69) is 20.6 Å². The van der Waals surface area contributed by atoms with Crippen LogP contribution in [-0.2, 0) is 11.2 Å². The van der Waals surface area contributed by atoms with Crippen LogP contribution in [0, 0.1) is 10.1 Å². The largest absolute Gasteiger partial charge is 0.326 e. The molecule has 8 heteroatoms. The lowest BCUT2D eigenvalue weighted by atomic mass is 10.1. The van der Waals surface area contributed by atoms with E-state index in [0.717, 1.165) is 35.1 Å². The van der Waals surface area contributed by atoms with E-state index in [1.807, 2.05) is 24.3 Å². The Kier molecular flexibility index (Phi) is 4.64. The van der Waals surface area contributed by atoms with Crippen LogP contribution >= 0.6 is 11.8 Å². The van der Waals surface area contributed by atoms with E-state index in [-0.39, 0.29) is 18.0 Å². The van der Waals surface area contributed by atoms with Crippen molar-refractivity contribution in [1.82, 2.24) is 4.90 Å². The highest BCUT2D eigenvalue weighted by atomic mass is 32.2. The van der Waals surface area contributed by atoms with Gasteiger partial charge in [0.25, 0.3) is 5.69 Å². The molecule has 0 saturated heterocycles. The van der Waals surface area contributed by atoms with Gasteiger partial charge in [-0.3, -0.25) is 19.9 Å². The number of amides is 1. The number of hydrogen-bond acceptors (Lipinski definition) is 6. The number of anilines is 1. The van der Waals surface area contributed by atoms with Crippen molar-refractivity contribution in [2.24, 2.45) is 4.99 Å². The minimum atomic E-state index is -0.458. The number of benzene rings is 2. The van der Waals surface area contributed by atoms with Crippen molar-refractivity contribution in [3.05, 3.63) is 75.2 Å². The van der Waals surface area contributed by atoms with Crippen LogP contribution in [0.1, 0.15) is 11.1 Å². The van der Waals surface area contributed by atoms with E-state index in [1.54, 1.807) is 23.9 Å². The highest BCUT2D eigenvalue weighted by Gasteiger charge is 2.26. The van der Waals surface area contributed by atoms with Crippen LogP contribution in [0.15, 0.2) is 58.9 Å². The van der Waals surface area contributed by atoms with Crippen LogP contribution in [0.3, 0.4) is 0 Å². The molecule has 27 heavy (non-hydrogen) atoms. The van der Waals surface area contributed by atoms with Gasteiger partial charge < -0.3 is 10.2 Å². The smallest absolute Gasteiger partial charge is 0.269 e. The Hall–Kier alpha value is -3.13. The van der Waals surface area contributed by atoms with Gasteiger partial charge in [-0.15, -0.1) is 0 Å². The molecule has 0 saturated carbocycles. The topological polar surface area (TPSA) is 87.8 Å². The normalized spacial score (nSPS) is 15.2. The second-order valence-corrected chi connectivity index (χ2v) is 7.00. The molecule has 7 nitrogen and oxygen atoms in total. The number of carbonyl (C=O) groups is 1. The molecule has 2 aromatic carbocycles. The van der Waals surface area contributed by atoms with Gasteiger partial charge in [-0.1, -0.05) is 36.0 Å². The Balaban J connectivity index is 1.37. The van der Waals surface area contributed by atoms with Crippen LogP contribution in [0.4, 0.5) is 11.4 Å². The monoisotopic (exact) mass is 380 g/mol. The lowest BCUT2D eigenvalue weighted by molar-refractivity contribution is -0.384. The Bertz CT molecular complexity index is 952. The third kappa shape index (κ3) is 3.70. The van der Waals surface area contributed by atoms with Gasteiger partial charge >= 0.3 is 0 Å². The fourth-order valence-electron chi connectivity index (χ4n) is 3.00. The average Bonchev–Trinajstić information content (AvgIpc) is 3.26. The summed E-state index contributed by atoms with van der Waals surface area (Å²) < 4.78 is 0. The summed E-state index contributed by atoms with van der Waals surface area (Å²) in [5.74, 6) is -0.166. The zero-order chi connectivity index (χ0) is 18.8. The fraction of sp³-hybridized carbons (Fsp3) is 0.158. The van der Waals surface area contributed by atoms with Crippen LogP contribution in [0.2, 0.25) is 0 Å². The van der Waals surface area contributed by atoms with Gasteiger partial charge in [0, 0.05) is 29.8 Å². The number of nitrogens with one attached hydrogen (secondary N) is 1. The summed E-state index contributed by atoms with van der Waals surface area (Å²) in [6.07, 6.45) is 0.162. The van der Waals surface area contributed by atoms with Crippen molar-refractivity contribution in [3.8, 4) is 0 Å². The molecular formula is C19H16N4O3S. The van der Waals surface area contributed by atoms with Gasteiger partial charge in [-0.25, -0.2) is 0 Å². The van der Waals surface area contributed by atoms with Crippen LogP contribution in [0.25, 0.3) is 5.70 Å². The van der Waals surface area contributed by atoms with Crippen LogP contribution < -0.4 is 5.32 Å². The lowest BCUT2D eigenvalue weighted by Gasteiger charge is -2.16. The standard InChI is InChI=1S/C19H16N4O3S/c24-18(11-13-1-7-16(8-2-13)23(25)26)21-15-5-3-14(4-6-15)17-12-27-19-20-9-10-22(17)19/h1-8,12H,9-11H2,(H,21,24). The maximum Gasteiger partial charge on any atom is 0.269 e. The Morgan fingerprint density at radius 1 is 1.19 bits per heavy atom. The Morgan fingerprint density at radius 3 is 2.63 bits per heavy atom. The number of carbonyl (C=O) groups excluding carboxylic acids is 1. The van der Waals surface area contributed by atoms with Crippen molar-refractivity contribution in [1.29, 1.82) is 0 Å². The van der Waals surface area contributed by atoms with Gasteiger partial charge in [0.15, 0.2) is 5.17 Å². The first-order chi connectivity index (χ1) is 13.1.